The zero-order valence-corrected chi connectivity index (χ0v) is 23.9. The molecule has 2 fully saturated rings. The summed E-state index contributed by atoms with van der Waals surface area (Å²) >= 11 is 5.02. The number of amides is 1. The van der Waals surface area contributed by atoms with E-state index in [9.17, 15) is 14.7 Å². The Morgan fingerprint density at radius 2 is 2.21 bits per heavy atom. The number of benzene rings is 1. The number of likely N-dealkylation sites (tertiary alicyclic amines) is 1. The van der Waals surface area contributed by atoms with Gasteiger partial charge in [0.1, 0.15) is 6.10 Å². The van der Waals surface area contributed by atoms with Crippen molar-refractivity contribution >= 4 is 45.2 Å². The molecule has 2 bridgehead atoms. The van der Waals surface area contributed by atoms with Crippen LogP contribution in [0.4, 0.5) is 0 Å². The van der Waals surface area contributed by atoms with Gasteiger partial charge in [-0.3, -0.25) is 14.5 Å². The van der Waals surface area contributed by atoms with Crippen LogP contribution in [0.25, 0.3) is 6.08 Å². The van der Waals surface area contributed by atoms with Crippen molar-refractivity contribution in [3.63, 3.8) is 0 Å². The Morgan fingerprint density at radius 3 is 2.92 bits per heavy atom. The van der Waals surface area contributed by atoms with E-state index in [1.54, 1.807) is 28.4 Å². The number of hydrogen-bond acceptors (Lipinski definition) is 7. The molecule has 2 aliphatic heterocycles. The number of nitrogens with zero attached hydrogens (tertiary/aromatic N) is 2. The summed E-state index contributed by atoms with van der Waals surface area (Å²) in [4.78, 5) is 30.4. The molecule has 38 heavy (non-hydrogen) atoms. The lowest BCUT2D eigenvalue weighted by atomic mass is 9.48. The fourth-order valence-corrected chi connectivity index (χ4v) is 8.80. The lowest BCUT2D eigenvalue weighted by molar-refractivity contribution is -0.198. The Kier molecular flexibility index (Phi) is 6.33. The number of ether oxygens (including phenoxy) is 2. The number of esters is 1. The summed E-state index contributed by atoms with van der Waals surface area (Å²) in [7, 11) is 1.82. The van der Waals surface area contributed by atoms with Gasteiger partial charge in [-0.1, -0.05) is 12.1 Å². The number of rotatable bonds is 6. The molecule has 1 saturated heterocycles. The number of hydrogen-bond donors (Lipinski definition) is 1. The number of piperidine rings is 1. The third kappa shape index (κ3) is 3.66. The molecule has 1 saturated carbocycles. The second-order valence-electron chi connectivity index (χ2n) is 10.8. The van der Waals surface area contributed by atoms with E-state index < -0.39 is 23.1 Å². The average molecular weight is 600 g/mol. The van der Waals surface area contributed by atoms with Crippen molar-refractivity contribution in [1.82, 2.24) is 9.80 Å². The zero-order valence-electron chi connectivity index (χ0n) is 21.5. The number of aliphatic hydroxyl groups is 1. The van der Waals surface area contributed by atoms with Gasteiger partial charge in [-0.25, -0.2) is 0 Å². The van der Waals surface area contributed by atoms with Gasteiger partial charge in [0.25, 0.3) is 0 Å². The minimum absolute atomic E-state index is 0.0856. The van der Waals surface area contributed by atoms with Crippen LogP contribution in [0.15, 0.2) is 46.8 Å². The van der Waals surface area contributed by atoms with E-state index >= 15 is 0 Å². The highest BCUT2D eigenvalue weighted by atomic mass is 79.9. The normalized spacial score (nSPS) is 31.0. The molecule has 5 atom stereocenters. The Morgan fingerprint density at radius 1 is 1.39 bits per heavy atom. The highest BCUT2D eigenvalue weighted by Gasteiger charge is 2.73. The van der Waals surface area contributed by atoms with E-state index in [1.165, 1.54) is 6.92 Å². The van der Waals surface area contributed by atoms with Gasteiger partial charge in [0.15, 0.2) is 11.5 Å². The second kappa shape index (κ2) is 9.33. The first-order chi connectivity index (χ1) is 18.2. The monoisotopic (exact) mass is 598 g/mol. The molecule has 0 unspecified atom stereocenters. The molecule has 4 aliphatic rings. The molecule has 1 N–H and O–H groups in total. The first-order valence-corrected chi connectivity index (χ1v) is 14.6. The zero-order chi connectivity index (χ0) is 26.8. The van der Waals surface area contributed by atoms with Gasteiger partial charge in [-0.05, 0) is 71.9 Å². The number of carbonyl (C=O) groups excluding carboxylic acids is 2. The van der Waals surface area contributed by atoms with Gasteiger partial charge in [-0.15, -0.1) is 17.9 Å². The SMILES string of the molecule is C=CCN1CC[C@]23c4c5ccc(OC(C)=O)c4O[C@H]2[C@H](N(C)C(=O)/C=C/c2cc(Br)cs2)CC[C@@]3(O)[C@H]1C5. The fourth-order valence-electron chi connectivity index (χ4n) is 7.46. The first kappa shape index (κ1) is 25.8. The van der Waals surface area contributed by atoms with E-state index in [0.717, 1.165) is 27.0 Å². The van der Waals surface area contributed by atoms with Gasteiger partial charge in [0.2, 0.25) is 5.91 Å². The molecule has 0 radical (unpaired) electrons. The van der Waals surface area contributed by atoms with E-state index in [1.807, 2.05) is 36.7 Å². The van der Waals surface area contributed by atoms with Crippen molar-refractivity contribution < 1.29 is 24.2 Å². The fraction of sp³-hybridized carbons (Fsp3) is 0.448. The Bertz CT molecular complexity index is 1360. The Hall–Kier alpha value is -2.46. The molecule has 1 amide bonds. The Labute approximate surface area is 234 Å². The van der Waals surface area contributed by atoms with Crippen molar-refractivity contribution in [2.24, 2.45) is 0 Å². The number of carbonyl (C=O) groups is 2. The predicted octanol–water partition coefficient (Wildman–Crippen LogP) is 4.32. The largest absolute Gasteiger partial charge is 0.483 e. The molecule has 3 heterocycles. The first-order valence-electron chi connectivity index (χ1n) is 13.0. The van der Waals surface area contributed by atoms with Crippen LogP contribution in [-0.2, 0) is 21.4 Å². The van der Waals surface area contributed by atoms with Gasteiger partial charge >= 0.3 is 5.97 Å². The van der Waals surface area contributed by atoms with Crippen molar-refractivity contribution in [2.75, 3.05) is 20.1 Å². The molecule has 2 aliphatic carbocycles. The molecule has 1 aromatic carbocycles. The third-order valence-electron chi connectivity index (χ3n) is 8.97. The van der Waals surface area contributed by atoms with Gasteiger partial charge in [0, 0.05) is 52.9 Å². The van der Waals surface area contributed by atoms with Crippen molar-refractivity contribution in [3.05, 3.63) is 62.8 Å². The van der Waals surface area contributed by atoms with Crippen LogP contribution in [0.2, 0.25) is 0 Å². The van der Waals surface area contributed by atoms with Crippen LogP contribution in [0, 0.1) is 0 Å². The van der Waals surface area contributed by atoms with E-state index in [-0.39, 0.29) is 18.0 Å². The summed E-state index contributed by atoms with van der Waals surface area (Å²) in [6.07, 6.45) is 7.38. The lowest BCUT2D eigenvalue weighted by Gasteiger charge is -2.64. The highest BCUT2D eigenvalue weighted by Crippen LogP contribution is 2.65. The molecular formula is C29H31BrN2O5S. The van der Waals surface area contributed by atoms with Crippen LogP contribution < -0.4 is 9.47 Å². The minimum atomic E-state index is -1.04. The summed E-state index contributed by atoms with van der Waals surface area (Å²) in [5.74, 6) is 0.391. The maximum Gasteiger partial charge on any atom is 0.308 e. The quantitative estimate of drug-likeness (QED) is 0.231. The van der Waals surface area contributed by atoms with Crippen LogP contribution in [0.3, 0.4) is 0 Å². The van der Waals surface area contributed by atoms with Gasteiger partial charge in [-0.2, -0.15) is 0 Å². The van der Waals surface area contributed by atoms with Crippen LogP contribution in [0.1, 0.15) is 42.2 Å². The minimum Gasteiger partial charge on any atom is -0.483 e. The Balaban J connectivity index is 1.42. The van der Waals surface area contributed by atoms with Crippen LogP contribution in [-0.4, -0.2) is 70.7 Å². The summed E-state index contributed by atoms with van der Waals surface area (Å²) in [6, 6.07) is 5.44. The molecule has 2 aromatic rings. The molecule has 7 nitrogen and oxygen atoms in total. The maximum atomic E-state index is 13.4. The topological polar surface area (TPSA) is 79.3 Å². The molecule has 1 spiro atoms. The number of likely N-dealkylation sites (N-methyl/N-ethyl adjacent to an activating group) is 1. The average Bonchev–Trinajstić information content (AvgIpc) is 3.45. The smallest absolute Gasteiger partial charge is 0.308 e. The second-order valence-corrected chi connectivity index (χ2v) is 12.6. The summed E-state index contributed by atoms with van der Waals surface area (Å²) in [6.45, 7) is 6.80. The maximum absolute atomic E-state index is 13.4. The standard InChI is InChI=1S/C29H31BrN2O5S/c1-4-12-32-13-11-28-25-18-5-7-22(36-17(2)33)26(25)37-27(28)21(9-10-29(28,35)23(32)14-18)31(3)24(34)8-6-20-15-19(30)16-38-20/h4-8,15-16,21,23,27,35H,1,9-14H2,2-3H3/b8-6+/t21-,23-,27+,28+,29-/m1/s1. The van der Waals surface area contributed by atoms with E-state index in [2.05, 4.69) is 27.4 Å². The predicted molar refractivity (Wildman–Crippen MR) is 150 cm³/mol. The molecule has 6 rings (SSSR count). The van der Waals surface area contributed by atoms with Gasteiger partial charge < -0.3 is 19.5 Å². The van der Waals surface area contributed by atoms with Gasteiger partial charge in [0.05, 0.1) is 17.1 Å². The molecular weight excluding hydrogens is 568 g/mol. The lowest BCUT2D eigenvalue weighted by Crippen LogP contribution is -2.78. The molecule has 1 aromatic heterocycles. The van der Waals surface area contributed by atoms with Crippen LogP contribution in [0.5, 0.6) is 11.5 Å². The summed E-state index contributed by atoms with van der Waals surface area (Å²) in [5.41, 5.74) is 0.335. The highest BCUT2D eigenvalue weighted by molar-refractivity contribution is 9.10. The number of thiophene rings is 1. The molecule has 200 valence electrons. The third-order valence-corrected chi connectivity index (χ3v) is 10.6. The van der Waals surface area contributed by atoms with E-state index in [4.69, 9.17) is 9.47 Å². The van der Waals surface area contributed by atoms with Crippen molar-refractivity contribution in [1.29, 1.82) is 0 Å². The number of halogens is 1. The molecule has 9 heteroatoms. The van der Waals surface area contributed by atoms with E-state index in [0.29, 0.717) is 43.7 Å². The summed E-state index contributed by atoms with van der Waals surface area (Å²) < 4.78 is 13.3. The van der Waals surface area contributed by atoms with Crippen molar-refractivity contribution in [3.8, 4) is 11.5 Å². The van der Waals surface area contributed by atoms with Crippen LogP contribution >= 0.6 is 27.3 Å². The summed E-state index contributed by atoms with van der Waals surface area (Å²) in [5, 5.41) is 14.6. The van der Waals surface area contributed by atoms with Crippen molar-refractivity contribution in [2.45, 2.75) is 61.8 Å².